The summed E-state index contributed by atoms with van der Waals surface area (Å²) in [6.45, 7) is 4.98. The molecule has 2 saturated heterocycles. The summed E-state index contributed by atoms with van der Waals surface area (Å²) in [6.07, 6.45) is 0.563. The van der Waals surface area contributed by atoms with Crippen LogP contribution in [0.5, 0.6) is 11.5 Å². The summed E-state index contributed by atoms with van der Waals surface area (Å²) in [5.74, 6) is 1.80. The first-order valence-corrected chi connectivity index (χ1v) is 7.98. The SMILES string of the molecule is Cc1cc(-c2ccc(OCC3CO3)cc2)ccc1OCC1CO1. The van der Waals surface area contributed by atoms with Gasteiger partial charge in [0.2, 0.25) is 0 Å². The Bertz CT molecular complexity index is 672. The summed E-state index contributed by atoms with van der Waals surface area (Å²) in [6, 6.07) is 14.4. The molecule has 0 amide bonds. The second kappa shape index (κ2) is 6.22. The zero-order valence-corrected chi connectivity index (χ0v) is 13.2. The van der Waals surface area contributed by atoms with Crippen LogP contribution in [0.4, 0.5) is 0 Å². The molecule has 2 atom stereocenters. The van der Waals surface area contributed by atoms with E-state index in [-0.39, 0.29) is 12.2 Å². The van der Waals surface area contributed by atoms with Crippen molar-refractivity contribution in [3.05, 3.63) is 48.0 Å². The lowest BCUT2D eigenvalue weighted by Crippen LogP contribution is -2.05. The fourth-order valence-corrected chi connectivity index (χ4v) is 2.43. The highest BCUT2D eigenvalue weighted by atomic mass is 16.6. The van der Waals surface area contributed by atoms with Gasteiger partial charge in [0, 0.05) is 0 Å². The molecule has 23 heavy (non-hydrogen) atoms. The molecule has 0 aliphatic carbocycles. The van der Waals surface area contributed by atoms with Gasteiger partial charge < -0.3 is 18.9 Å². The predicted molar refractivity (Wildman–Crippen MR) is 87.1 cm³/mol. The largest absolute Gasteiger partial charge is 0.491 e. The summed E-state index contributed by atoms with van der Waals surface area (Å²) in [5.41, 5.74) is 3.48. The van der Waals surface area contributed by atoms with E-state index in [1.807, 2.05) is 18.2 Å². The van der Waals surface area contributed by atoms with Crippen LogP contribution in [0.25, 0.3) is 11.1 Å². The third kappa shape index (κ3) is 3.84. The quantitative estimate of drug-likeness (QED) is 0.736. The number of epoxide rings is 2. The summed E-state index contributed by atoms with van der Waals surface area (Å²) < 4.78 is 21.8. The molecular formula is C19H20O4. The van der Waals surface area contributed by atoms with E-state index in [1.54, 1.807) is 0 Å². The maximum atomic E-state index is 5.77. The Morgan fingerprint density at radius 3 is 2.09 bits per heavy atom. The second-order valence-corrected chi connectivity index (χ2v) is 6.04. The summed E-state index contributed by atoms with van der Waals surface area (Å²) in [7, 11) is 0. The van der Waals surface area contributed by atoms with E-state index >= 15 is 0 Å². The first-order chi connectivity index (χ1) is 11.3. The van der Waals surface area contributed by atoms with Crippen LogP contribution >= 0.6 is 0 Å². The number of aryl methyl sites for hydroxylation is 1. The molecule has 4 heteroatoms. The number of ether oxygens (including phenoxy) is 4. The van der Waals surface area contributed by atoms with Gasteiger partial charge in [-0.1, -0.05) is 18.2 Å². The molecule has 0 bridgehead atoms. The molecule has 4 nitrogen and oxygen atoms in total. The molecule has 0 N–H and O–H groups in total. The highest BCUT2D eigenvalue weighted by molar-refractivity contribution is 5.66. The van der Waals surface area contributed by atoms with E-state index in [2.05, 4.69) is 31.2 Å². The van der Waals surface area contributed by atoms with E-state index in [0.717, 1.165) is 30.3 Å². The number of hydrogen-bond donors (Lipinski definition) is 0. The van der Waals surface area contributed by atoms with Gasteiger partial charge in [0.1, 0.15) is 36.9 Å². The monoisotopic (exact) mass is 312 g/mol. The Hall–Kier alpha value is -2.04. The fourth-order valence-electron chi connectivity index (χ4n) is 2.43. The van der Waals surface area contributed by atoms with Gasteiger partial charge in [-0.3, -0.25) is 0 Å². The lowest BCUT2D eigenvalue weighted by Gasteiger charge is -2.10. The van der Waals surface area contributed by atoms with Crippen LogP contribution in [0.1, 0.15) is 5.56 Å². The van der Waals surface area contributed by atoms with Crippen LogP contribution in [0, 0.1) is 6.92 Å². The predicted octanol–water partition coefficient (Wildman–Crippen LogP) is 3.22. The third-order valence-corrected chi connectivity index (χ3v) is 4.03. The Kier molecular flexibility index (Phi) is 3.93. The van der Waals surface area contributed by atoms with Crippen LogP contribution in [0.2, 0.25) is 0 Å². The van der Waals surface area contributed by atoms with Crippen molar-refractivity contribution in [2.24, 2.45) is 0 Å². The van der Waals surface area contributed by atoms with Gasteiger partial charge in [-0.05, 0) is 47.9 Å². The van der Waals surface area contributed by atoms with E-state index in [4.69, 9.17) is 18.9 Å². The second-order valence-electron chi connectivity index (χ2n) is 6.04. The minimum absolute atomic E-state index is 0.280. The van der Waals surface area contributed by atoms with Crippen molar-refractivity contribution >= 4 is 0 Å². The van der Waals surface area contributed by atoms with Gasteiger partial charge in [0.05, 0.1) is 13.2 Å². The van der Waals surface area contributed by atoms with Gasteiger partial charge in [0.25, 0.3) is 0 Å². The third-order valence-electron chi connectivity index (χ3n) is 4.03. The first kappa shape index (κ1) is 14.5. The van der Waals surface area contributed by atoms with E-state index < -0.39 is 0 Å². The van der Waals surface area contributed by atoms with Crippen LogP contribution in [0.15, 0.2) is 42.5 Å². The molecule has 0 saturated carbocycles. The van der Waals surface area contributed by atoms with Crippen molar-refractivity contribution in [3.8, 4) is 22.6 Å². The molecule has 0 radical (unpaired) electrons. The van der Waals surface area contributed by atoms with E-state index in [1.165, 1.54) is 11.1 Å². The van der Waals surface area contributed by atoms with Crippen LogP contribution in [0.3, 0.4) is 0 Å². The molecule has 2 fully saturated rings. The van der Waals surface area contributed by atoms with E-state index in [0.29, 0.717) is 13.2 Å². The summed E-state index contributed by atoms with van der Waals surface area (Å²) in [5, 5.41) is 0. The lowest BCUT2D eigenvalue weighted by molar-refractivity contribution is 0.262. The molecule has 0 aromatic heterocycles. The molecule has 2 aromatic carbocycles. The topological polar surface area (TPSA) is 43.5 Å². The maximum Gasteiger partial charge on any atom is 0.122 e. The number of rotatable bonds is 7. The standard InChI is InChI=1S/C19H20O4/c1-13-8-15(4-7-19(13)23-12-18-11-22-18)14-2-5-16(6-3-14)20-9-17-10-21-17/h2-8,17-18H,9-12H2,1H3. The normalized spacial score (nSPS) is 21.8. The molecule has 2 aliphatic rings. The summed E-state index contributed by atoms with van der Waals surface area (Å²) >= 11 is 0. The Morgan fingerprint density at radius 2 is 1.48 bits per heavy atom. The van der Waals surface area contributed by atoms with Gasteiger partial charge in [-0.25, -0.2) is 0 Å². The zero-order valence-electron chi connectivity index (χ0n) is 13.2. The van der Waals surface area contributed by atoms with Crippen molar-refractivity contribution in [3.63, 3.8) is 0 Å². The zero-order chi connectivity index (χ0) is 15.6. The highest BCUT2D eigenvalue weighted by Crippen LogP contribution is 2.28. The van der Waals surface area contributed by atoms with E-state index in [9.17, 15) is 0 Å². The smallest absolute Gasteiger partial charge is 0.122 e. The van der Waals surface area contributed by atoms with Crippen LogP contribution in [-0.4, -0.2) is 38.6 Å². The number of hydrogen-bond acceptors (Lipinski definition) is 4. The minimum atomic E-state index is 0.280. The molecule has 2 unspecified atom stereocenters. The summed E-state index contributed by atoms with van der Waals surface area (Å²) in [4.78, 5) is 0. The van der Waals surface area contributed by atoms with Crippen molar-refractivity contribution in [1.29, 1.82) is 0 Å². The fraction of sp³-hybridized carbons (Fsp3) is 0.368. The van der Waals surface area contributed by atoms with Crippen LogP contribution < -0.4 is 9.47 Å². The Balaban J connectivity index is 1.42. The molecular weight excluding hydrogens is 292 g/mol. The van der Waals surface area contributed by atoms with Crippen molar-refractivity contribution < 1.29 is 18.9 Å². The maximum absolute atomic E-state index is 5.77. The first-order valence-electron chi connectivity index (χ1n) is 7.98. The van der Waals surface area contributed by atoms with Gasteiger partial charge in [-0.15, -0.1) is 0 Å². The Labute approximate surface area is 135 Å². The van der Waals surface area contributed by atoms with Crippen molar-refractivity contribution in [2.45, 2.75) is 19.1 Å². The Morgan fingerprint density at radius 1 is 0.870 bits per heavy atom. The highest BCUT2D eigenvalue weighted by Gasteiger charge is 2.23. The van der Waals surface area contributed by atoms with Gasteiger partial charge in [0.15, 0.2) is 0 Å². The molecule has 2 heterocycles. The molecule has 4 rings (SSSR count). The van der Waals surface area contributed by atoms with Gasteiger partial charge >= 0.3 is 0 Å². The van der Waals surface area contributed by atoms with Crippen molar-refractivity contribution in [2.75, 3.05) is 26.4 Å². The average Bonchev–Trinajstić information content (AvgIpc) is 3.47. The van der Waals surface area contributed by atoms with Gasteiger partial charge in [-0.2, -0.15) is 0 Å². The molecule has 2 aliphatic heterocycles. The van der Waals surface area contributed by atoms with Crippen LogP contribution in [-0.2, 0) is 9.47 Å². The average molecular weight is 312 g/mol. The molecule has 120 valence electrons. The lowest BCUT2D eigenvalue weighted by atomic mass is 10.0. The molecule has 2 aromatic rings. The molecule has 0 spiro atoms. The minimum Gasteiger partial charge on any atom is -0.491 e. The number of benzene rings is 2. The van der Waals surface area contributed by atoms with Crippen molar-refractivity contribution in [1.82, 2.24) is 0 Å².